The van der Waals surface area contributed by atoms with E-state index in [2.05, 4.69) is 20.3 Å². The molecule has 0 fully saturated rings. The van der Waals surface area contributed by atoms with Crippen molar-refractivity contribution in [3.8, 4) is 17.4 Å². The van der Waals surface area contributed by atoms with Gasteiger partial charge in [-0.3, -0.25) is 4.79 Å². The number of carbonyl (C=O) groups is 1. The summed E-state index contributed by atoms with van der Waals surface area (Å²) in [5, 5.41) is 11.4. The van der Waals surface area contributed by atoms with Gasteiger partial charge in [0.15, 0.2) is 5.78 Å². The first-order chi connectivity index (χ1) is 9.22. The zero-order valence-corrected chi connectivity index (χ0v) is 10.5. The molecule has 8 heteroatoms. The van der Waals surface area contributed by atoms with Gasteiger partial charge in [-0.05, 0) is 6.07 Å². The lowest BCUT2D eigenvalue weighted by Crippen LogP contribution is -2.09. The zero-order valence-electron chi connectivity index (χ0n) is 10.5. The van der Waals surface area contributed by atoms with Gasteiger partial charge in [0.05, 0.1) is 13.5 Å². The van der Waals surface area contributed by atoms with Gasteiger partial charge < -0.3 is 14.0 Å². The topological polar surface area (TPSA) is 100 Å². The minimum atomic E-state index is -0.140. The Balaban J connectivity index is 2.09. The Morgan fingerprint density at radius 2 is 2.16 bits per heavy atom. The van der Waals surface area contributed by atoms with Crippen LogP contribution < -0.4 is 4.74 Å². The van der Waals surface area contributed by atoms with Crippen molar-refractivity contribution in [3.63, 3.8) is 0 Å². The summed E-state index contributed by atoms with van der Waals surface area (Å²) in [5.41, 5.74) is 0.440. The fraction of sp³-hybridized carbons (Fsp3) is 0.364. The highest BCUT2D eigenvalue weighted by molar-refractivity contribution is 5.81. The monoisotopic (exact) mass is 264 g/mol. The number of rotatable bonds is 6. The quantitative estimate of drug-likeness (QED) is 0.734. The maximum atomic E-state index is 11.3. The normalized spacial score (nSPS) is 10.4. The van der Waals surface area contributed by atoms with Crippen LogP contribution in [0.3, 0.4) is 0 Å². The van der Waals surface area contributed by atoms with Gasteiger partial charge in [0, 0.05) is 13.2 Å². The number of Topliss-reactive ketones (excluding diaryl/α,β-unsaturated/α-hetero) is 1. The van der Waals surface area contributed by atoms with Gasteiger partial charge in [0.25, 0.3) is 0 Å². The van der Waals surface area contributed by atoms with Crippen LogP contribution in [0.1, 0.15) is 5.89 Å². The molecule has 2 rings (SSSR count). The van der Waals surface area contributed by atoms with Crippen LogP contribution in [0.5, 0.6) is 5.88 Å². The first-order valence-electron chi connectivity index (χ1n) is 5.44. The van der Waals surface area contributed by atoms with Gasteiger partial charge in [0.2, 0.25) is 17.6 Å². The molecule has 0 aliphatic heterocycles. The maximum absolute atomic E-state index is 11.3. The maximum Gasteiger partial charge on any atom is 0.234 e. The van der Waals surface area contributed by atoms with E-state index in [1.165, 1.54) is 14.2 Å². The van der Waals surface area contributed by atoms with Gasteiger partial charge in [-0.1, -0.05) is 5.16 Å². The van der Waals surface area contributed by atoms with Crippen molar-refractivity contribution >= 4 is 5.78 Å². The standard InChI is InChI=1S/C11H12N4O4/c1-17-6-7(16)5-10-12-11(15-19-10)8-3-4-9(18-2)14-13-8/h3-4H,5-6H2,1-2H3. The van der Waals surface area contributed by atoms with Crippen molar-refractivity contribution < 1.29 is 18.8 Å². The molecule has 0 unspecified atom stereocenters. The van der Waals surface area contributed by atoms with Gasteiger partial charge in [-0.25, -0.2) is 0 Å². The Kier molecular flexibility index (Phi) is 4.14. The average Bonchev–Trinajstić information content (AvgIpc) is 2.87. The first-order valence-corrected chi connectivity index (χ1v) is 5.44. The van der Waals surface area contributed by atoms with E-state index in [1.807, 2.05) is 0 Å². The van der Waals surface area contributed by atoms with Crippen LogP contribution in [0.2, 0.25) is 0 Å². The van der Waals surface area contributed by atoms with Crippen LogP contribution in [0.25, 0.3) is 11.5 Å². The smallest absolute Gasteiger partial charge is 0.234 e. The van der Waals surface area contributed by atoms with Crippen LogP contribution >= 0.6 is 0 Å². The number of nitrogens with zero attached hydrogens (tertiary/aromatic N) is 4. The van der Waals surface area contributed by atoms with Crippen LogP contribution in [-0.4, -0.2) is 46.9 Å². The summed E-state index contributed by atoms with van der Waals surface area (Å²) in [4.78, 5) is 15.4. The minimum Gasteiger partial charge on any atom is -0.480 e. The summed E-state index contributed by atoms with van der Waals surface area (Å²) in [5.74, 6) is 0.742. The van der Waals surface area contributed by atoms with E-state index in [1.54, 1.807) is 12.1 Å². The van der Waals surface area contributed by atoms with Crippen molar-refractivity contribution in [1.29, 1.82) is 0 Å². The summed E-state index contributed by atoms with van der Waals surface area (Å²) < 4.78 is 14.6. The van der Waals surface area contributed by atoms with Crippen LogP contribution in [0.15, 0.2) is 16.7 Å². The lowest BCUT2D eigenvalue weighted by Gasteiger charge is -1.96. The van der Waals surface area contributed by atoms with Crippen LogP contribution in [0.4, 0.5) is 0 Å². The summed E-state index contributed by atoms with van der Waals surface area (Å²) in [6, 6.07) is 3.28. The third-order valence-corrected chi connectivity index (χ3v) is 2.20. The fourth-order valence-corrected chi connectivity index (χ4v) is 1.36. The summed E-state index contributed by atoms with van der Waals surface area (Å²) in [6.07, 6.45) is 0.0322. The molecule has 2 aromatic heterocycles. The summed E-state index contributed by atoms with van der Waals surface area (Å²) in [7, 11) is 2.95. The first kappa shape index (κ1) is 13.1. The number of hydrogen-bond acceptors (Lipinski definition) is 8. The number of ether oxygens (including phenoxy) is 2. The lowest BCUT2D eigenvalue weighted by molar-refractivity contribution is -0.122. The molecular formula is C11H12N4O4. The highest BCUT2D eigenvalue weighted by Gasteiger charge is 2.13. The van der Waals surface area contributed by atoms with Crippen molar-refractivity contribution in [3.05, 3.63) is 18.0 Å². The second-order valence-electron chi connectivity index (χ2n) is 3.62. The average molecular weight is 264 g/mol. The van der Waals surface area contributed by atoms with E-state index in [9.17, 15) is 4.79 Å². The number of aromatic nitrogens is 4. The fourth-order valence-electron chi connectivity index (χ4n) is 1.36. The Hall–Kier alpha value is -2.35. The molecule has 0 saturated carbocycles. The Morgan fingerprint density at radius 3 is 2.79 bits per heavy atom. The Morgan fingerprint density at radius 1 is 1.32 bits per heavy atom. The van der Waals surface area contributed by atoms with Crippen LogP contribution in [-0.2, 0) is 16.0 Å². The molecule has 2 aromatic rings. The van der Waals surface area contributed by atoms with E-state index in [0.717, 1.165) is 0 Å². The molecule has 0 N–H and O–H groups in total. The van der Waals surface area contributed by atoms with E-state index in [0.29, 0.717) is 11.6 Å². The summed E-state index contributed by atoms with van der Waals surface area (Å²) in [6.45, 7) is 0.0139. The van der Waals surface area contributed by atoms with Gasteiger partial charge in [0.1, 0.15) is 12.3 Å². The van der Waals surface area contributed by atoms with Crippen molar-refractivity contribution in [2.24, 2.45) is 0 Å². The van der Waals surface area contributed by atoms with E-state index in [4.69, 9.17) is 14.0 Å². The number of methoxy groups -OCH3 is 2. The van der Waals surface area contributed by atoms with E-state index in [-0.39, 0.29) is 30.5 Å². The van der Waals surface area contributed by atoms with Crippen molar-refractivity contribution in [1.82, 2.24) is 20.3 Å². The van der Waals surface area contributed by atoms with E-state index < -0.39 is 0 Å². The highest BCUT2D eigenvalue weighted by Crippen LogP contribution is 2.14. The molecule has 0 spiro atoms. The molecule has 0 bridgehead atoms. The number of carbonyl (C=O) groups excluding carboxylic acids is 1. The molecule has 8 nitrogen and oxygen atoms in total. The predicted molar refractivity (Wildman–Crippen MR) is 62.5 cm³/mol. The Bertz CT molecular complexity index is 552. The third-order valence-electron chi connectivity index (χ3n) is 2.20. The molecule has 0 radical (unpaired) electrons. The van der Waals surface area contributed by atoms with Crippen molar-refractivity contribution in [2.45, 2.75) is 6.42 Å². The molecule has 2 heterocycles. The zero-order chi connectivity index (χ0) is 13.7. The van der Waals surface area contributed by atoms with Gasteiger partial charge in [-0.15, -0.1) is 10.2 Å². The highest BCUT2D eigenvalue weighted by atomic mass is 16.5. The molecule has 0 aromatic carbocycles. The SMILES string of the molecule is COCC(=O)Cc1nc(-c2ccc(OC)nn2)no1. The number of hydrogen-bond donors (Lipinski definition) is 0. The molecular weight excluding hydrogens is 252 g/mol. The lowest BCUT2D eigenvalue weighted by atomic mass is 10.3. The number of ketones is 1. The molecule has 19 heavy (non-hydrogen) atoms. The van der Waals surface area contributed by atoms with Crippen LogP contribution in [0, 0.1) is 0 Å². The van der Waals surface area contributed by atoms with Gasteiger partial charge in [-0.2, -0.15) is 4.98 Å². The molecule has 0 aliphatic carbocycles. The molecule has 0 saturated heterocycles. The molecule has 0 atom stereocenters. The second-order valence-corrected chi connectivity index (χ2v) is 3.62. The van der Waals surface area contributed by atoms with Gasteiger partial charge >= 0.3 is 0 Å². The predicted octanol–water partition coefficient (Wildman–Crippen LogP) is 0.293. The van der Waals surface area contributed by atoms with Crippen molar-refractivity contribution in [2.75, 3.05) is 20.8 Å². The molecule has 0 aliphatic rings. The minimum absolute atomic E-state index is 0.0139. The molecule has 0 amide bonds. The molecule has 100 valence electrons. The Labute approximate surface area is 108 Å². The third kappa shape index (κ3) is 3.32. The van der Waals surface area contributed by atoms with E-state index >= 15 is 0 Å². The second kappa shape index (κ2) is 6.01. The largest absolute Gasteiger partial charge is 0.480 e. The summed E-state index contributed by atoms with van der Waals surface area (Å²) >= 11 is 0.